The van der Waals surface area contributed by atoms with Crippen LogP contribution in [0.1, 0.15) is 44.9 Å². The van der Waals surface area contributed by atoms with Crippen molar-refractivity contribution in [2.45, 2.75) is 51.0 Å². The van der Waals surface area contributed by atoms with Crippen LogP contribution >= 0.6 is 0 Å². The maximum absolute atomic E-state index is 10.3. The molecule has 1 aliphatic carbocycles. The highest BCUT2D eigenvalue weighted by Crippen LogP contribution is 2.27. The van der Waals surface area contributed by atoms with Crippen LogP contribution in [0.3, 0.4) is 0 Å². The number of aliphatic hydroxyl groups is 1. The summed E-state index contributed by atoms with van der Waals surface area (Å²) in [6, 6.07) is 0. The fourth-order valence-electron chi connectivity index (χ4n) is 2.07. The molecule has 2 unspecified atom stereocenters. The molecule has 76 valence electrons. The fraction of sp³-hybridized carbons (Fsp3) is 0.900. The predicted octanol–water partition coefficient (Wildman–Crippen LogP) is 1.79. The van der Waals surface area contributed by atoms with Gasteiger partial charge >= 0.3 is 5.97 Å². The molecular formula is C10H18O3. The number of aliphatic carboxylic acids is 1. The SMILES string of the molecule is O=C(O)CCCC1CCCC(O)C1. The summed E-state index contributed by atoms with van der Waals surface area (Å²) in [5.41, 5.74) is 0. The van der Waals surface area contributed by atoms with E-state index in [4.69, 9.17) is 5.11 Å². The number of hydrogen-bond acceptors (Lipinski definition) is 2. The Labute approximate surface area is 78.8 Å². The molecule has 0 amide bonds. The lowest BCUT2D eigenvalue weighted by Crippen LogP contribution is -2.19. The van der Waals surface area contributed by atoms with E-state index in [9.17, 15) is 9.90 Å². The van der Waals surface area contributed by atoms with E-state index in [0.717, 1.165) is 38.5 Å². The summed E-state index contributed by atoms with van der Waals surface area (Å²) >= 11 is 0. The van der Waals surface area contributed by atoms with E-state index >= 15 is 0 Å². The normalized spacial score (nSPS) is 28.7. The minimum absolute atomic E-state index is 0.136. The van der Waals surface area contributed by atoms with Gasteiger partial charge in [0.2, 0.25) is 0 Å². The van der Waals surface area contributed by atoms with Crippen LogP contribution in [-0.2, 0) is 4.79 Å². The first-order chi connectivity index (χ1) is 6.18. The lowest BCUT2D eigenvalue weighted by atomic mass is 9.84. The molecule has 1 aliphatic rings. The zero-order valence-corrected chi connectivity index (χ0v) is 7.91. The zero-order chi connectivity index (χ0) is 9.68. The summed E-state index contributed by atoms with van der Waals surface area (Å²) in [7, 11) is 0. The summed E-state index contributed by atoms with van der Waals surface area (Å²) in [5, 5.41) is 17.8. The van der Waals surface area contributed by atoms with Gasteiger partial charge in [-0.2, -0.15) is 0 Å². The van der Waals surface area contributed by atoms with Gasteiger partial charge in [0.05, 0.1) is 6.10 Å². The van der Waals surface area contributed by atoms with Crippen molar-refractivity contribution >= 4 is 5.97 Å². The molecule has 1 fully saturated rings. The highest BCUT2D eigenvalue weighted by Gasteiger charge is 2.19. The van der Waals surface area contributed by atoms with Gasteiger partial charge in [-0.3, -0.25) is 4.79 Å². The molecular weight excluding hydrogens is 168 g/mol. The number of aliphatic hydroxyl groups excluding tert-OH is 1. The first kappa shape index (κ1) is 10.5. The smallest absolute Gasteiger partial charge is 0.303 e. The van der Waals surface area contributed by atoms with Gasteiger partial charge in [0.15, 0.2) is 0 Å². The Morgan fingerprint density at radius 2 is 2.15 bits per heavy atom. The third-order valence-corrected chi connectivity index (χ3v) is 2.76. The molecule has 3 nitrogen and oxygen atoms in total. The minimum atomic E-state index is -0.712. The molecule has 1 rings (SSSR count). The standard InChI is InChI=1S/C10H18O3/c11-9-5-1-3-8(7-9)4-2-6-10(12)13/h8-9,11H,1-7H2,(H,12,13). The van der Waals surface area contributed by atoms with E-state index in [1.54, 1.807) is 0 Å². The Morgan fingerprint density at radius 1 is 1.38 bits per heavy atom. The second kappa shape index (κ2) is 5.22. The lowest BCUT2D eigenvalue weighted by molar-refractivity contribution is -0.137. The topological polar surface area (TPSA) is 57.5 Å². The summed E-state index contributed by atoms with van der Waals surface area (Å²) in [4.78, 5) is 10.3. The van der Waals surface area contributed by atoms with Crippen LogP contribution in [0, 0.1) is 5.92 Å². The molecule has 0 spiro atoms. The van der Waals surface area contributed by atoms with Crippen molar-refractivity contribution in [2.75, 3.05) is 0 Å². The molecule has 0 aromatic rings. The number of carbonyl (C=O) groups is 1. The summed E-state index contributed by atoms with van der Waals surface area (Å²) in [6.07, 6.45) is 5.91. The van der Waals surface area contributed by atoms with Crippen molar-refractivity contribution in [3.63, 3.8) is 0 Å². The van der Waals surface area contributed by atoms with E-state index in [0.29, 0.717) is 5.92 Å². The van der Waals surface area contributed by atoms with E-state index in [1.165, 1.54) is 0 Å². The monoisotopic (exact) mass is 186 g/mol. The number of rotatable bonds is 4. The minimum Gasteiger partial charge on any atom is -0.481 e. The highest BCUT2D eigenvalue weighted by molar-refractivity contribution is 5.66. The molecule has 0 heterocycles. The fourth-order valence-corrected chi connectivity index (χ4v) is 2.07. The van der Waals surface area contributed by atoms with Crippen LogP contribution in [-0.4, -0.2) is 22.3 Å². The highest BCUT2D eigenvalue weighted by atomic mass is 16.4. The van der Waals surface area contributed by atoms with Crippen LogP contribution in [0.15, 0.2) is 0 Å². The van der Waals surface area contributed by atoms with Crippen molar-refractivity contribution in [3.05, 3.63) is 0 Å². The third kappa shape index (κ3) is 4.27. The zero-order valence-electron chi connectivity index (χ0n) is 7.91. The maximum atomic E-state index is 10.3. The molecule has 0 aromatic carbocycles. The van der Waals surface area contributed by atoms with Gasteiger partial charge in [-0.1, -0.05) is 12.8 Å². The van der Waals surface area contributed by atoms with Gasteiger partial charge in [0.25, 0.3) is 0 Å². The van der Waals surface area contributed by atoms with E-state index in [2.05, 4.69) is 0 Å². The van der Waals surface area contributed by atoms with Crippen molar-refractivity contribution in [1.29, 1.82) is 0 Å². The van der Waals surface area contributed by atoms with Gasteiger partial charge in [0, 0.05) is 6.42 Å². The van der Waals surface area contributed by atoms with E-state index in [-0.39, 0.29) is 12.5 Å². The molecule has 2 N–H and O–H groups in total. The third-order valence-electron chi connectivity index (χ3n) is 2.76. The average molecular weight is 186 g/mol. The first-order valence-corrected chi connectivity index (χ1v) is 5.08. The number of hydrogen-bond donors (Lipinski definition) is 2. The van der Waals surface area contributed by atoms with Crippen molar-refractivity contribution in [3.8, 4) is 0 Å². The van der Waals surface area contributed by atoms with E-state index in [1.807, 2.05) is 0 Å². The van der Waals surface area contributed by atoms with Gasteiger partial charge in [0.1, 0.15) is 0 Å². The molecule has 0 aliphatic heterocycles. The van der Waals surface area contributed by atoms with Crippen molar-refractivity contribution < 1.29 is 15.0 Å². The summed E-state index contributed by atoms with van der Waals surface area (Å²) in [6.45, 7) is 0. The molecule has 13 heavy (non-hydrogen) atoms. The Kier molecular flexibility index (Phi) is 4.22. The van der Waals surface area contributed by atoms with Gasteiger partial charge in [-0.25, -0.2) is 0 Å². The summed E-state index contributed by atoms with van der Waals surface area (Å²) in [5.74, 6) is -0.153. The molecule has 0 radical (unpaired) electrons. The Hall–Kier alpha value is -0.570. The van der Waals surface area contributed by atoms with Crippen LogP contribution in [0.25, 0.3) is 0 Å². The first-order valence-electron chi connectivity index (χ1n) is 5.08. The summed E-state index contributed by atoms with van der Waals surface area (Å²) < 4.78 is 0. The predicted molar refractivity (Wildman–Crippen MR) is 49.5 cm³/mol. The maximum Gasteiger partial charge on any atom is 0.303 e. The lowest BCUT2D eigenvalue weighted by Gasteiger charge is -2.25. The van der Waals surface area contributed by atoms with Crippen molar-refractivity contribution in [2.24, 2.45) is 5.92 Å². The van der Waals surface area contributed by atoms with Crippen LogP contribution in [0.5, 0.6) is 0 Å². The number of carboxylic acid groups (broad SMARTS) is 1. The van der Waals surface area contributed by atoms with Gasteiger partial charge < -0.3 is 10.2 Å². The average Bonchev–Trinajstić information content (AvgIpc) is 2.03. The Balaban J connectivity index is 2.10. The largest absolute Gasteiger partial charge is 0.481 e. The quantitative estimate of drug-likeness (QED) is 0.703. The molecule has 0 bridgehead atoms. The second-order valence-corrected chi connectivity index (χ2v) is 3.97. The van der Waals surface area contributed by atoms with Crippen LogP contribution in [0.2, 0.25) is 0 Å². The van der Waals surface area contributed by atoms with Crippen molar-refractivity contribution in [1.82, 2.24) is 0 Å². The Morgan fingerprint density at radius 3 is 2.77 bits per heavy atom. The van der Waals surface area contributed by atoms with Gasteiger partial charge in [-0.15, -0.1) is 0 Å². The molecule has 1 saturated carbocycles. The second-order valence-electron chi connectivity index (χ2n) is 3.97. The number of carboxylic acids is 1. The molecule has 0 saturated heterocycles. The van der Waals surface area contributed by atoms with Crippen LogP contribution < -0.4 is 0 Å². The molecule has 2 atom stereocenters. The van der Waals surface area contributed by atoms with Crippen LogP contribution in [0.4, 0.5) is 0 Å². The molecule has 0 aromatic heterocycles. The van der Waals surface area contributed by atoms with E-state index < -0.39 is 5.97 Å². The Bertz CT molecular complexity index is 168. The molecule has 3 heteroatoms. The van der Waals surface area contributed by atoms with Gasteiger partial charge in [-0.05, 0) is 31.6 Å².